The Labute approximate surface area is 258 Å². The van der Waals surface area contributed by atoms with E-state index >= 15 is 0 Å². The van der Waals surface area contributed by atoms with E-state index in [0.717, 1.165) is 6.08 Å². The van der Waals surface area contributed by atoms with Crippen LogP contribution in [0.4, 0.5) is 5.69 Å². The molecular formula is C16H17K2N3O7S2. The van der Waals surface area contributed by atoms with Crippen LogP contribution < -0.4 is 5.73 Å². The molecule has 152 valence electrons. The molecule has 0 bridgehead atoms. The summed E-state index contributed by atoms with van der Waals surface area (Å²) in [4.78, 5) is 15.6. The first-order valence-corrected chi connectivity index (χ1v) is 10.6. The molecule has 0 aromatic carbocycles. The summed E-state index contributed by atoms with van der Waals surface area (Å²) < 4.78 is 66.4. The monoisotopic (exact) mass is 505 g/mol. The molecule has 10 nitrogen and oxygen atoms in total. The molecule has 0 fully saturated rings. The molecule has 1 amide bonds. The van der Waals surface area contributed by atoms with Crippen LogP contribution in [-0.2, 0) is 27.3 Å². The number of aromatic nitrogens is 1. The predicted octanol–water partition coefficient (Wildman–Crippen LogP) is -0.644. The summed E-state index contributed by atoms with van der Waals surface area (Å²) in [6.07, 6.45) is 7.23. The number of hydrogen-bond donors (Lipinski definition) is 3. The Morgan fingerprint density at radius 1 is 1.13 bits per heavy atom. The summed E-state index contributed by atoms with van der Waals surface area (Å²) in [5.41, 5.74) is 6.44. The van der Waals surface area contributed by atoms with E-state index in [-0.39, 0.29) is 125 Å². The first-order valence-electron chi connectivity index (χ1n) is 7.68. The average molecular weight is 506 g/mol. The van der Waals surface area contributed by atoms with Crippen molar-refractivity contribution in [3.8, 4) is 0 Å². The third-order valence-electron chi connectivity index (χ3n) is 4.08. The Kier molecular flexibility index (Phi) is 10.1. The molecule has 30 heavy (non-hydrogen) atoms. The summed E-state index contributed by atoms with van der Waals surface area (Å²) in [5, 5.41) is -1.75. The van der Waals surface area contributed by atoms with E-state index in [0.29, 0.717) is 11.8 Å². The maximum atomic E-state index is 12.3. The van der Waals surface area contributed by atoms with Gasteiger partial charge in [-0.1, -0.05) is 6.08 Å². The zero-order chi connectivity index (χ0) is 20.9. The van der Waals surface area contributed by atoms with Gasteiger partial charge in [-0.25, -0.2) is 4.99 Å². The van der Waals surface area contributed by atoms with Crippen LogP contribution >= 0.6 is 0 Å². The van der Waals surface area contributed by atoms with Crippen LogP contribution in [0.1, 0.15) is 10.5 Å². The van der Waals surface area contributed by atoms with Crippen LogP contribution in [0.3, 0.4) is 0 Å². The van der Waals surface area contributed by atoms with E-state index in [4.69, 9.17) is 5.73 Å². The first-order chi connectivity index (χ1) is 12.9. The summed E-state index contributed by atoms with van der Waals surface area (Å²) >= 11 is 0. The second kappa shape index (κ2) is 10.6. The second-order valence-electron chi connectivity index (χ2n) is 6.12. The number of nitrogen functional groups attached to an aromatic ring is 1. The standard InChI is InChI=1S/C16H15N3O7S2.2K.2H/c1-19-8-10(17)5-14(19)16(20)18-11-3-2-9-4-12(27(21,22)23)7-15(13(9)6-11)28(24,25)26;;;;/h2-8,15H,17H2,1H3,(H,21,22,23)(H,24,25,26);;;;/b18-11+;;;;. The van der Waals surface area contributed by atoms with Crippen molar-refractivity contribution < 1.29 is 30.7 Å². The van der Waals surface area contributed by atoms with Gasteiger partial charge in [0.05, 0.1) is 16.3 Å². The number of carbonyl (C=O) groups is 1. The third-order valence-corrected chi connectivity index (χ3v) is 5.97. The number of aliphatic imine (C=N–C) groups is 1. The molecule has 0 aliphatic heterocycles. The van der Waals surface area contributed by atoms with Crippen LogP contribution in [0.25, 0.3) is 0 Å². The summed E-state index contributed by atoms with van der Waals surface area (Å²) in [6.45, 7) is 0. The van der Waals surface area contributed by atoms with Gasteiger partial charge in [0.15, 0.2) is 0 Å². The van der Waals surface area contributed by atoms with Crippen molar-refractivity contribution in [2.24, 2.45) is 12.0 Å². The Hall–Kier alpha value is 0.473. The fraction of sp³-hybridized carbons (Fsp3) is 0.125. The van der Waals surface area contributed by atoms with Crippen molar-refractivity contribution in [2.75, 3.05) is 5.73 Å². The fourth-order valence-corrected chi connectivity index (χ4v) is 4.35. The zero-order valence-corrected chi connectivity index (χ0v) is 16.0. The van der Waals surface area contributed by atoms with Gasteiger partial charge in [-0.3, -0.25) is 13.9 Å². The molecule has 1 unspecified atom stereocenters. The van der Waals surface area contributed by atoms with E-state index in [9.17, 15) is 30.7 Å². The SMILES string of the molecule is Cn1cc(N)cc1C(=O)/N=C1\C=CC2=CC(S(=O)(=O)O)=CC(S(=O)(=O)O)C2=C1.[KH].[KH]. The minimum absolute atomic E-state index is 0. The maximum absolute atomic E-state index is 12.3. The second-order valence-corrected chi connectivity index (χ2v) is 9.08. The quantitative estimate of drug-likeness (QED) is 0.360. The number of fused-ring (bicyclic) bond motifs is 1. The Morgan fingerprint density at radius 2 is 1.77 bits per heavy atom. The number of nitrogens with two attached hydrogens (primary N) is 1. The number of rotatable bonds is 3. The molecule has 1 atom stereocenters. The van der Waals surface area contributed by atoms with Crippen LogP contribution in [0, 0.1) is 0 Å². The van der Waals surface area contributed by atoms with E-state index in [1.54, 1.807) is 7.05 Å². The number of aryl methyl sites for hydroxylation is 1. The summed E-state index contributed by atoms with van der Waals surface area (Å²) in [6, 6.07) is 1.43. The van der Waals surface area contributed by atoms with E-state index < -0.39 is 36.3 Å². The normalized spacial score (nSPS) is 19.6. The van der Waals surface area contributed by atoms with Crippen molar-refractivity contribution in [1.29, 1.82) is 0 Å². The zero-order valence-electron chi connectivity index (χ0n) is 14.3. The summed E-state index contributed by atoms with van der Waals surface area (Å²) in [5.74, 6) is -0.628. The van der Waals surface area contributed by atoms with Crippen molar-refractivity contribution in [2.45, 2.75) is 5.25 Å². The molecule has 0 saturated carbocycles. The first kappa shape index (κ1) is 28.5. The van der Waals surface area contributed by atoms with Gasteiger partial charge in [0.1, 0.15) is 10.9 Å². The molecule has 0 saturated heterocycles. The van der Waals surface area contributed by atoms with Gasteiger partial charge in [-0.05, 0) is 41.5 Å². The van der Waals surface area contributed by atoms with Crippen LogP contribution in [-0.4, -0.2) is 150 Å². The van der Waals surface area contributed by atoms with Crippen molar-refractivity contribution in [3.05, 3.63) is 64.4 Å². The van der Waals surface area contributed by atoms with E-state index in [1.165, 1.54) is 35.1 Å². The fourth-order valence-electron chi connectivity index (χ4n) is 2.83. The van der Waals surface area contributed by atoms with Gasteiger partial charge >= 0.3 is 103 Å². The predicted molar refractivity (Wildman–Crippen MR) is 116 cm³/mol. The molecule has 1 aromatic rings. The van der Waals surface area contributed by atoms with E-state index in [1.807, 2.05) is 0 Å². The van der Waals surface area contributed by atoms with Gasteiger partial charge in [-0.15, -0.1) is 0 Å². The number of hydrogen-bond acceptors (Lipinski definition) is 6. The van der Waals surface area contributed by atoms with Crippen molar-refractivity contribution >= 4 is 140 Å². The van der Waals surface area contributed by atoms with Gasteiger partial charge in [0.2, 0.25) is 0 Å². The van der Waals surface area contributed by atoms with Crippen molar-refractivity contribution in [3.63, 3.8) is 0 Å². The Morgan fingerprint density at radius 3 is 2.27 bits per heavy atom. The number of anilines is 1. The number of nitrogens with zero attached hydrogens (tertiary/aromatic N) is 2. The van der Waals surface area contributed by atoms with Crippen molar-refractivity contribution in [1.82, 2.24) is 4.57 Å². The van der Waals surface area contributed by atoms with Crippen LogP contribution in [0.5, 0.6) is 0 Å². The molecule has 0 radical (unpaired) electrons. The van der Waals surface area contributed by atoms with Gasteiger partial charge < -0.3 is 10.3 Å². The molecule has 2 aliphatic carbocycles. The Balaban J connectivity index is 0.00000225. The molecular weight excluding hydrogens is 489 g/mol. The topological polar surface area (TPSA) is 169 Å². The van der Waals surface area contributed by atoms with Gasteiger partial charge in [0, 0.05) is 13.2 Å². The molecule has 14 heteroatoms. The molecule has 3 rings (SSSR count). The number of carbonyl (C=O) groups excluding carboxylic acids is 1. The molecule has 0 spiro atoms. The number of allylic oxidation sites excluding steroid dienone is 5. The molecule has 1 heterocycles. The molecule has 4 N–H and O–H groups in total. The summed E-state index contributed by atoms with van der Waals surface area (Å²) in [7, 11) is -7.84. The van der Waals surface area contributed by atoms with Crippen LogP contribution in [0.2, 0.25) is 0 Å². The molecule has 1 aromatic heterocycles. The minimum atomic E-state index is -4.75. The Bertz CT molecular complexity index is 1250. The third kappa shape index (κ3) is 6.51. The van der Waals surface area contributed by atoms with Gasteiger partial charge in [-0.2, -0.15) is 16.8 Å². The van der Waals surface area contributed by atoms with Crippen LogP contribution in [0.15, 0.2) is 63.7 Å². The average Bonchev–Trinajstić information content (AvgIpc) is 2.90. The van der Waals surface area contributed by atoms with E-state index in [2.05, 4.69) is 4.99 Å². The molecule has 2 aliphatic rings. The number of amides is 1. The van der Waals surface area contributed by atoms with Gasteiger partial charge in [0.25, 0.3) is 26.1 Å².